The van der Waals surface area contributed by atoms with E-state index in [1.54, 1.807) is 6.08 Å². The number of hydrogen-bond donors (Lipinski definition) is 1. The largest absolute Gasteiger partial charge is 0.503 e. The standard InChI is InChI=1S/C32H30N2O4S/c1-5-38-23-16-17-24-26(19-23)39-31(33-24)34-28(21-12-14-22(15-13-21)32(2,3)4)27(29(36)30(34)37)25(35)18-11-20-9-7-6-8-10-20/h6-19,28,36H,5H2,1-4H3/b18-11+. The summed E-state index contributed by atoms with van der Waals surface area (Å²) in [6.45, 7) is 8.83. The maximum absolute atomic E-state index is 13.5. The normalized spacial score (nSPS) is 16.1. The van der Waals surface area contributed by atoms with E-state index in [0.717, 1.165) is 15.8 Å². The van der Waals surface area contributed by atoms with E-state index in [9.17, 15) is 14.7 Å². The molecule has 0 saturated heterocycles. The van der Waals surface area contributed by atoms with Gasteiger partial charge in [0.25, 0.3) is 5.91 Å². The Morgan fingerprint density at radius 2 is 1.79 bits per heavy atom. The zero-order valence-electron chi connectivity index (χ0n) is 22.3. The summed E-state index contributed by atoms with van der Waals surface area (Å²) >= 11 is 1.32. The number of carbonyl (C=O) groups excluding carboxylic acids is 2. The molecule has 1 amide bonds. The highest BCUT2D eigenvalue weighted by atomic mass is 32.1. The van der Waals surface area contributed by atoms with E-state index in [2.05, 4.69) is 20.8 Å². The second kappa shape index (κ2) is 10.5. The number of amides is 1. The van der Waals surface area contributed by atoms with Crippen LogP contribution in [0.2, 0.25) is 0 Å². The zero-order chi connectivity index (χ0) is 27.7. The summed E-state index contributed by atoms with van der Waals surface area (Å²) in [5.41, 5.74) is 3.35. The molecule has 39 heavy (non-hydrogen) atoms. The van der Waals surface area contributed by atoms with Crippen molar-refractivity contribution in [3.05, 3.63) is 107 Å². The van der Waals surface area contributed by atoms with Gasteiger partial charge in [-0.25, -0.2) is 4.98 Å². The third-order valence-corrected chi connectivity index (χ3v) is 7.68. The number of aliphatic hydroxyl groups excluding tert-OH is 1. The molecule has 6 nitrogen and oxygen atoms in total. The highest BCUT2D eigenvalue weighted by Gasteiger charge is 2.45. The highest BCUT2D eigenvalue weighted by molar-refractivity contribution is 7.22. The third kappa shape index (κ3) is 5.22. The summed E-state index contributed by atoms with van der Waals surface area (Å²) in [6, 6.07) is 22.0. The Balaban J connectivity index is 1.59. The lowest BCUT2D eigenvalue weighted by Gasteiger charge is -2.25. The fourth-order valence-electron chi connectivity index (χ4n) is 4.61. The van der Waals surface area contributed by atoms with E-state index in [-0.39, 0.29) is 11.0 Å². The molecular weight excluding hydrogens is 508 g/mol. The molecule has 2 heterocycles. The average Bonchev–Trinajstić information content (AvgIpc) is 3.45. The molecule has 1 aliphatic heterocycles. The highest BCUT2D eigenvalue weighted by Crippen LogP contribution is 2.44. The summed E-state index contributed by atoms with van der Waals surface area (Å²) in [5, 5.41) is 11.4. The summed E-state index contributed by atoms with van der Waals surface area (Å²) in [6.07, 6.45) is 3.09. The average molecular weight is 539 g/mol. The van der Waals surface area contributed by atoms with Crippen LogP contribution in [0.5, 0.6) is 5.75 Å². The van der Waals surface area contributed by atoms with E-state index in [1.807, 2.05) is 79.7 Å². The molecule has 0 radical (unpaired) electrons. The molecule has 1 aliphatic rings. The number of rotatable bonds is 7. The number of carbonyl (C=O) groups is 2. The first kappa shape index (κ1) is 26.4. The van der Waals surface area contributed by atoms with Gasteiger partial charge in [-0.2, -0.15) is 0 Å². The maximum Gasteiger partial charge on any atom is 0.296 e. The molecule has 0 fully saturated rings. The number of hydrogen-bond acceptors (Lipinski definition) is 6. The molecular formula is C32H30N2O4S. The lowest BCUT2D eigenvalue weighted by Crippen LogP contribution is -2.30. The smallest absolute Gasteiger partial charge is 0.296 e. The van der Waals surface area contributed by atoms with Crippen LogP contribution in [0, 0.1) is 0 Å². The molecule has 198 valence electrons. The van der Waals surface area contributed by atoms with Gasteiger partial charge in [-0.1, -0.05) is 92.8 Å². The van der Waals surface area contributed by atoms with Crippen molar-refractivity contribution in [3.63, 3.8) is 0 Å². The minimum atomic E-state index is -0.827. The summed E-state index contributed by atoms with van der Waals surface area (Å²) in [4.78, 5) is 33.2. The second-order valence-electron chi connectivity index (χ2n) is 10.4. The van der Waals surface area contributed by atoms with Crippen molar-refractivity contribution in [1.29, 1.82) is 0 Å². The Morgan fingerprint density at radius 3 is 2.46 bits per heavy atom. The summed E-state index contributed by atoms with van der Waals surface area (Å²) < 4.78 is 6.47. The molecule has 3 aromatic carbocycles. The first-order chi connectivity index (χ1) is 18.7. The van der Waals surface area contributed by atoms with Crippen LogP contribution in [0.3, 0.4) is 0 Å². The van der Waals surface area contributed by atoms with Gasteiger partial charge in [0.15, 0.2) is 16.7 Å². The molecule has 1 unspecified atom stereocenters. The molecule has 1 N–H and O–H groups in total. The van der Waals surface area contributed by atoms with Crippen LogP contribution in [-0.4, -0.2) is 28.4 Å². The number of ether oxygens (including phenoxy) is 1. The summed E-state index contributed by atoms with van der Waals surface area (Å²) in [7, 11) is 0. The topological polar surface area (TPSA) is 79.7 Å². The zero-order valence-corrected chi connectivity index (χ0v) is 23.2. The first-order valence-corrected chi connectivity index (χ1v) is 13.7. The van der Waals surface area contributed by atoms with Gasteiger partial charge >= 0.3 is 0 Å². The molecule has 7 heteroatoms. The van der Waals surface area contributed by atoms with Crippen LogP contribution in [0.1, 0.15) is 50.4 Å². The van der Waals surface area contributed by atoms with Gasteiger partial charge in [0.1, 0.15) is 5.75 Å². The molecule has 5 rings (SSSR count). The Labute approximate surface area is 231 Å². The van der Waals surface area contributed by atoms with Crippen LogP contribution in [0.15, 0.2) is 90.2 Å². The van der Waals surface area contributed by atoms with E-state index in [1.165, 1.54) is 22.3 Å². The van der Waals surface area contributed by atoms with E-state index < -0.39 is 23.5 Å². The second-order valence-corrected chi connectivity index (χ2v) is 11.4. The van der Waals surface area contributed by atoms with Crippen LogP contribution >= 0.6 is 11.3 Å². The number of benzene rings is 3. The monoisotopic (exact) mass is 538 g/mol. The molecule has 0 aliphatic carbocycles. The fourth-order valence-corrected chi connectivity index (χ4v) is 5.63. The minimum absolute atomic E-state index is 0.0324. The quantitative estimate of drug-likeness (QED) is 0.252. The van der Waals surface area contributed by atoms with Gasteiger partial charge < -0.3 is 9.84 Å². The molecule has 0 bridgehead atoms. The van der Waals surface area contributed by atoms with Crippen LogP contribution in [0.4, 0.5) is 5.13 Å². The fraction of sp³-hybridized carbons (Fsp3) is 0.219. The molecule has 0 saturated carbocycles. The lowest BCUT2D eigenvalue weighted by atomic mass is 9.85. The van der Waals surface area contributed by atoms with Crippen LogP contribution in [0.25, 0.3) is 16.3 Å². The lowest BCUT2D eigenvalue weighted by molar-refractivity contribution is -0.117. The van der Waals surface area contributed by atoms with Gasteiger partial charge in [-0.15, -0.1) is 0 Å². The van der Waals surface area contributed by atoms with Crippen molar-refractivity contribution in [3.8, 4) is 5.75 Å². The number of anilines is 1. The van der Waals surface area contributed by atoms with Crippen molar-refractivity contribution >= 4 is 44.5 Å². The number of fused-ring (bicyclic) bond motifs is 1. The Kier molecular flexibility index (Phi) is 7.10. The SMILES string of the molecule is CCOc1ccc2nc(N3C(=O)C(O)=C(C(=O)/C=C/c4ccccc4)C3c3ccc(C(C)(C)C)cc3)sc2c1. The van der Waals surface area contributed by atoms with Gasteiger partial charge in [0.2, 0.25) is 0 Å². The number of ketones is 1. The van der Waals surface area contributed by atoms with E-state index in [4.69, 9.17) is 9.72 Å². The van der Waals surface area contributed by atoms with Crippen molar-refractivity contribution in [2.24, 2.45) is 0 Å². The predicted octanol–water partition coefficient (Wildman–Crippen LogP) is 7.18. The Morgan fingerprint density at radius 1 is 1.08 bits per heavy atom. The Hall–Kier alpha value is -4.23. The van der Waals surface area contributed by atoms with Crippen molar-refractivity contribution in [2.45, 2.75) is 39.2 Å². The van der Waals surface area contributed by atoms with E-state index >= 15 is 0 Å². The maximum atomic E-state index is 13.5. The number of allylic oxidation sites excluding steroid dienone is 1. The first-order valence-electron chi connectivity index (χ1n) is 12.9. The number of aliphatic hydroxyl groups is 1. The third-order valence-electron chi connectivity index (χ3n) is 6.66. The number of thiazole rings is 1. The number of nitrogens with zero attached hydrogens (tertiary/aromatic N) is 2. The predicted molar refractivity (Wildman–Crippen MR) is 156 cm³/mol. The van der Waals surface area contributed by atoms with Crippen LogP contribution < -0.4 is 9.64 Å². The van der Waals surface area contributed by atoms with Gasteiger partial charge in [-0.05, 0) is 53.3 Å². The van der Waals surface area contributed by atoms with Gasteiger partial charge in [-0.3, -0.25) is 14.5 Å². The summed E-state index contributed by atoms with van der Waals surface area (Å²) in [5.74, 6) is -0.931. The van der Waals surface area contributed by atoms with Gasteiger partial charge in [0, 0.05) is 0 Å². The minimum Gasteiger partial charge on any atom is -0.503 e. The van der Waals surface area contributed by atoms with Crippen molar-refractivity contribution < 1.29 is 19.4 Å². The molecule has 4 aromatic rings. The number of aromatic nitrogens is 1. The van der Waals surface area contributed by atoms with E-state index in [0.29, 0.717) is 28.6 Å². The van der Waals surface area contributed by atoms with Crippen LogP contribution in [-0.2, 0) is 15.0 Å². The molecule has 1 aromatic heterocycles. The van der Waals surface area contributed by atoms with Crippen molar-refractivity contribution in [2.75, 3.05) is 11.5 Å². The Bertz CT molecular complexity index is 1590. The van der Waals surface area contributed by atoms with Gasteiger partial charge in [0.05, 0.1) is 28.4 Å². The van der Waals surface area contributed by atoms with Crippen molar-refractivity contribution in [1.82, 2.24) is 4.98 Å². The molecule has 0 spiro atoms. The molecule has 1 atom stereocenters.